The van der Waals surface area contributed by atoms with Gasteiger partial charge in [0.1, 0.15) is 0 Å². The maximum Gasteiger partial charge on any atom is 0.349 e. The molecular weight excluding hydrogens is 380 g/mol. The lowest BCUT2D eigenvalue weighted by Crippen LogP contribution is -2.32. The molecule has 0 unspecified atom stereocenters. The molecule has 0 saturated carbocycles. The van der Waals surface area contributed by atoms with E-state index in [0.29, 0.717) is 16.5 Å². The van der Waals surface area contributed by atoms with E-state index in [2.05, 4.69) is 10.1 Å². The Balaban J connectivity index is 2.03. The van der Waals surface area contributed by atoms with Crippen LogP contribution in [0.1, 0.15) is 5.56 Å². The molecule has 0 saturated heterocycles. The number of H-pyrrole nitrogens is 1. The first-order chi connectivity index (χ1) is 13.9. The molecule has 1 amide bonds. The number of ether oxygens (including phenoxy) is 3. The van der Waals surface area contributed by atoms with Crippen molar-refractivity contribution in [2.45, 2.75) is 0 Å². The number of methoxy groups -OCH3 is 2. The van der Waals surface area contributed by atoms with Crippen LogP contribution in [0, 0.1) is 0 Å². The van der Waals surface area contributed by atoms with E-state index in [1.807, 2.05) is 0 Å². The van der Waals surface area contributed by atoms with Crippen LogP contribution in [0.5, 0.6) is 17.2 Å². The molecule has 0 bridgehead atoms. The average Bonchev–Trinajstić information content (AvgIpc) is 2.71. The third kappa shape index (κ3) is 4.10. The number of rotatable bonds is 7. The van der Waals surface area contributed by atoms with Crippen molar-refractivity contribution in [1.29, 1.82) is 0 Å². The first-order valence-electron chi connectivity index (χ1n) is 8.40. The molecule has 0 aliphatic carbocycles. The molecule has 1 aromatic heterocycles. The molecule has 150 valence electrons. The summed E-state index contributed by atoms with van der Waals surface area (Å²) in [6, 6.07) is 9.72. The summed E-state index contributed by atoms with van der Waals surface area (Å²) < 4.78 is 16.6. The Morgan fingerprint density at radius 1 is 1.17 bits per heavy atom. The molecule has 3 aromatic rings. The van der Waals surface area contributed by atoms with Gasteiger partial charge < -0.3 is 24.9 Å². The number of aromatic amines is 1. The van der Waals surface area contributed by atoms with Crippen molar-refractivity contribution in [3.63, 3.8) is 0 Å². The standard InChI is InChI=1S/C19H18N4O6/c1-27-14-7-11(8-15(28-2)17(14)29-10-16(20)24)9-21-23-18(25)12-5-3-4-6-13(12)22-19(23)26/h3-9H,10H2,1-2H3,(H2,20,24)(H,22,26). The summed E-state index contributed by atoms with van der Waals surface area (Å²) in [5.74, 6) is 0.0416. The number of carbonyl (C=O) groups excluding carboxylic acids is 1. The molecule has 10 nitrogen and oxygen atoms in total. The topological polar surface area (TPSA) is 138 Å². The van der Waals surface area contributed by atoms with Crippen LogP contribution in [-0.4, -0.2) is 42.6 Å². The van der Waals surface area contributed by atoms with Gasteiger partial charge in [0.05, 0.1) is 31.3 Å². The summed E-state index contributed by atoms with van der Waals surface area (Å²) >= 11 is 0. The lowest BCUT2D eigenvalue weighted by atomic mass is 10.2. The highest BCUT2D eigenvalue weighted by molar-refractivity contribution is 5.83. The highest BCUT2D eigenvalue weighted by Crippen LogP contribution is 2.38. The number of fused-ring (bicyclic) bond motifs is 1. The van der Waals surface area contributed by atoms with Gasteiger partial charge in [-0.1, -0.05) is 12.1 Å². The molecule has 0 aliphatic heterocycles. The largest absolute Gasteiger partial charge is 0.493 e. The maximum atomic E-state index is 12.5. The molecule has 2 aromatic carbocycles. The zero-order valence-electron chi connectivity index (χ0n) is 15.7. The molecule has 0 atom stereocenters. The van der Waals surface area contributed by atoms with Crippen LogP contribution in [0.25, 0.3) is 10.9 Å². The lowest BCUT2D eigenvalue weighted by molar-refractivity contribution is -0.119. The molecule has 10 heteroatoms. The smallest absolute Gasteiger partial charge is 0.349 e. The molecule has 0 aliphatic rings. The van der Waals surface area contributed by atoms with Crippen molar-refractivity contribution < 1.29 is 19.0 Å². The van der Waals surface area contributed by atoms with Gasteiger partial charge in [-0.05, 0) is 24.3 Å². The number of benzene rings is 2. The lowest BCUT2D eigenvalue weighted by Gasteiger charge is -2.14. The third-order valence-electron chi connectivity index (χ3n) is 3.95. The molecule has 1 heterocycles. The molecular formula is C19H18N4O6. The van der Waals surface area contributed by atoms with Gasteiger partial charge in [-0.15, -0.1) is 4.68 Å². The quantitative estimate of drug-likeness (QED) is 0.554. The number of para-hydroxylation sites is 1. The number of aromatic nitrogens is 2. The first kappa shape index (κ1) is 19.7. The molecule has 0 spiro atoms. The summed E-state index contributed by atoms with van der Waals surface area (Å²) in [4.78, 5) is 38.3. The summed E-state index contributed by atoms with van der Waals surface area (Å²) in [5, 5.41) is 4.32. The Kier molecular flexibility index (Phi) is 5.63. The minimum Gasteiger partial charge on any atom is -0.493 e. The van der Waals surface area contributed by atoms with Crippen LogP contribution in [0.4, 0.5) is 0 Å². The Bertz CT molecular complexity index is 1190. The van der Waals surface area contributed by atoms with Crippen LogP contribution in [0.15, 0.2) is 51.1 Å². The van der Waals surface area contributed by atoms with Gasteiger partial charge in [0.15, 0.2) is 18.1 Å². The third-order valence-corrected chi connectivity index (χ3v) is 3.95. The van der Waals surface area contributed by atoms with E-state index in [9.17, 15) is 14.4 Å². The summed E-state index contributed by atoms with van der Waals surface area (Å²) in [7, 11) is 2.82. The van der Waals surface area contributed by atoms with Crippen LogP contribution in [0.2, 0.25) is 0 Å². The molecule has 0 fully saturated rings. The number of nitrogens with one attached hydrogen (secondary N) is 1. The fourth-order valence-electron chi connectivity index (χ4n) is 2.64. The van der Waals surface area contributed by atoms with Crippen molar-refractivity contribution >= 4 is 23.0 Å². The fourth-order valence-corrected chi connectivity index (χ4v) is 2.64. The number of hydrogen-bond donors (Lipinski definition) is 2. The van der Waals surface area contributed by atoms with Crippen LogP contribution < -0.4 is 31.2 Å². The average molecular weight is 398 g/mol. The monoisotopic (exact) mass is 398 g/mol. The summed E-state index contributed by atoms with van der Waals surface area (Å²) in [6.07, 6.45) is 1.30. The van der Waals surface area contributed by atoms with E-state index in [1.54, 1.807) is 36.4 Å². The predicted octanol–water partition coefficient (Wildman–Crippen LogP) is 0.453. The van der Waals surface area contributed by atoms with Crippen LogP contribution >= 0.6 is 0 Å². The van der Waals surface area contributed by atoms with Gasteiger partial charge >= 0.3 is 5.69 Å². The van der Waals surface area contributed by atoms with Gasteiger partial charge in [0, 0.05) is 5.56 Å². The van der Waals surface area contributed by atoms with E-state index < -0.39 is 17.2 Å². The van der Waals surface area contributed by atoms with Crippen LogP contribution in [0.3, 0.4) is 0 Å². The maximum absolute atomic E-state index is 12.5. The van der Waals surface area contributed by atoms with Gasteiger partial charge in [-0.25, -0.2) is 4.79 Å². The minimum absolute atomic E-state index is 0.187. The zero-order valence-corrected chi connectivity index (χ0v) is 15.7. The Labute approximate surface area is 164 Å². The second-order valence-corrected chi connectivity index (χ2v) is 5.85. The highest BCUT2D eigenvalue weighted by atomic mass is 16.5. The van der Waals surface area contributed by atoms with Crippen molar-refractivity contribution in [2.24, 2.45) is 10.8 Å². The number of primary amides is 1. The summed E-state index contributed by atoms with van der Waals surface area (Å²) in [5.41, 5.74) is 4.76. The Morgan fingerprint density at radius 2 is 1.83 bits per heavy atom. The van der Waals surface area contributed by atoms with Crippen molar-refractivity contribution in [2.75, 3.05) is 20.8 Å². The second-order valence-electron chi connectivity index (χ2n) is 5.85. The SMILES string of the molecule is COc1cc(C=Nn2c(=O)[nH]c3ccccc3c2=O)cc(OC)c1OCC(N)=O. The normalized spacial score (nSPS) is 11.0. The van der Waals surface area contributed by atoms with E-state index >= 15 is 0 Å². The van der Waals surface area contributed by atoms with Gasteiger partial charge in [0.25, 0.3) is 11.5 Å². The van der Waals surface area contributed by atoms with Gasteiger partial charge in [-0.2, -0.15) is 5.10 Å². The molecule has 29 heavy (non-hydrogen) atoms. The Morgan fingerprint density at radius 3 is 2.45 bits per heavy atom. The van der Waals surface area contributed by atoms with E-state index in [4.69, 9.17) is 19.9 Å². The fraction of sp³-hybridized carbons (Fsp3) is 0.158. The number of hydrogen-bond acceptors (Lipinski definition) is 7. The number of carbonyl (C=O) groups is 1. The number of amides is 1. The number of nitrogens with two attached hydrogens (primary N) is 1. The van der Waals surface area contributed by atoms with Crippen molar-refractivity contribution in [1.82, 2.24) is 9.66 Å². The van der Waals surface area contributed by atoms with E-state index in [-0.39, 0.29) is 23.9 Å². The molecule has 0 radical (unpaired) electrons. The minimum atomic E-state index is -0.676. The number of nitrogens with zero attached hydrogens (tertiary/aromatic N) is 2. The highest BCUT2D eigenvalue weighted by Gasteiger charge is 2.15. The zero-order chi connectivity index (χ0) is 21.0. The predicted molar refractivity (Wildman–Crippen MR) is 106 cm³/mol. The van der Waals surface area contributed by atoms with Crippen molar-refractivity contribution in [3.05, 3.63) is 62.8 Å². The molecule has 3 N–H and O–H groups in total. The second kappa shape index (κ2) is 8.30. The molecule has 3 rings (SSSR count). The van der Waals surface area contributed by atoms with Crippen LogP contribution in [-0.2, 0) is 4.79 Å². The van der Waals surface area contributed by atoms with Gasteiger partial charge in [-0.3, -0.25) is 9.59 Å². The summed E-state index contributed by atoms with van der Waals surface area (Å²) in [6.45, 7) is -0.359. The first-order valence-corrected chi connectivity index (χ1v) is 8.40. The van der Waals surface area contributed by atoms with E-state index in [0.717, 1.165) is 4.68 Å². The van der Waals surface area contributed by atoms with Crippen molar-refractivity contribution in [3.8, 4) is 17.2 Å². The Hall–Kier alpha value is -4.08. The van der Waals surface area contributed by atoms with E-state index in [1.165, 1.54) is 20.4 Å². The van der Waals surface area contributed by atoms with Gasteiger partial charge in [0.2, 0.25) is 5.75 Å².